The fraction of sp³-hybridized carbons (Fsp3) is 0.429. The molecule has 0 aliphatic heterocycles. The van der Waals surface area contributed by atoms with Crippen molar-refractivity contribution in [2.75, 3.05) is 0 Å². The first-order valence-corrected chi connectivity index (χ1v) is 7.08. The van der Waals surface area contributed by atoms with Crippen molar-refractivity contribution >= 4 is 23.2 Å². The lowest BCUT2D eigenvalue weighted by Crippen LogP contribution is -2.29. The fourth-order valence-electron chi connectivity index (χ4n) is 2.43. The molecule has 1 aromatic carbocycles. The summed E-state index contributed by atoms with van der Waals surface area (Å²) in [5.41, 5.74) is 5.21. The molecule has 1 atom stereocenters. The second-order valence-corrected chi connectivity index (χ2v) is 5.49. The SMILES string of the molecule is NNC(C1=CCCCCC1)c1ccc(Cl)cc1Cl. The quantitative estimate of drug-likeness (QED) is 0.491. The number of nitrogens with one attached hydrogen (secondary N) is 1. The zero-order valence-corrected chi connectivity index (χ0v) is 11.8. The molecule has 1 aromatic rings. The van der Waals surface area contributed by atoms with Crippen LogP contribution >= 0.6 is 23.2 Å². The van der Waals surface area contributed by atoms with Gasteiger partial charge in [0.2, 0.25) is 0 Å². The third-order valence-electron chi connectivity index (χ3n) is 3.39. The van der Waals surface area contributed by atoms with Crippen molar-refractivity contribution in [2.45, 2.75) is 38.1 Å². The number of rotatable bonds is 3. The Kier molecular flexibility index (Phi) is 5.07. The van der Waals surface area contributed by atoms with E-state index in [1.54, 1.807) is 6.07 Å². The maximum atomic E-state index is 6.26. The van der Waals surface area contributed by atoms with Gasteiger partial charge in [-0.15, -0.1) is 0 Å². The van der Waals surface area contributed by atoms with E-state index in [9.17, 15) is 0 Å². The molecular weight excluding hydrogens is 267 g/mol. The summed E-state index contributed by atoms with van der Waals surface area (Å²) >= 11 is 12.2. The fourth-order valence-corrected chi connectivity index (χ4v) is 2.95. The molecule has 3 N–H and O–H groups in total. The van der Waals surface area contributed by atoms with E-state index in [0.29, 0.717) is 10.0 Å². The van der Waals surface area contributed by atoms with Gasteiger partial charge in [-0.1, -0.05) is 47.3 Å². The number of allylic oxidation sites excluding steroid dienone is 1. The van der Waals surface area contributed by atoms with Crippen molar-refractivity contribution in [1.82, 2.24) is 5.43 Å². The predicted octanol–water partition coefficient (Wildman–Crippen LogP) is 4.39. The molecule has 2 rings (SSSR count). The Labute approximate surface area is 118 Å². The van der Waals surface area contributed by atoms with Gasteiger partial charge in [0.25, 0.3) is 0 Å². The lowest BCUT2D eigenvalue weighted by Gasteiger charge is -2.21. The highest BCUT2D eigenvalue weighted by Gasteiger charge is 2.18. The van der Waals surface area contributed by atoms with E-state index in [1.807, 2.05) is 12.1 Å². The monoisotopic (exact) mass is 284 g/mol. The molecule has 1 unspecified atom stereocenters. The smallest absolute Gasteiger partial charge is 0.0684 e. The van der Waals surface area contributed by atoms with Gasteiger partial charge in [-0.2, -0.15) is 0 Å². The Morgan fingerprint density at radius 2 is 2.00 bits per heavy atom. The van der Waals surface area contributed by atoms with Crippen LogP contribution in [0.4, 0.5) is 0 Å². The molecule has 0 spiro atoms. The topological polar surface area (TPSA) is 38.0 Å². The van der Waals surface area contributed by atoms with Gasteiger partial charge in [-0.3, -0.25) is 5.84 Å². The molecule has 0 heterocycles. The minimum atomic E-state index is -0.00660. The third kappa shape index (κ3) is 3.27. The van der Waals surface area contributed by atoms with Crippen LogP contribution in [0.3, 0.4) is 0 Å². The van der Waals surface area contributed by atoms with Crippen molar-refractivity contribution < 1.29 is 0 Å². The first-order chi connectivity index (χ1) is 8.72. The number of benzene rings is 1. The average molecular weight is 285 g/mol. The standard InChI is InChI=1S/C14H18Cl2N2/c15-11-7-8-12(13(16)9-11)14(18-17)10-5-3-1-2-4-6-10/h5,7-9,14,18H,1-4,6,17H2. The van der Waals surface area contributed by atoms with Gasteiger partial charge < -0.3 is 0 Å². The second kappa shape index (κ2) is 6.58. The highest BCUT2D eigenvalue weighted by atomic mass is 35.5. The molecule has 4 heteroatoms. The molecule has 0 amide bonds. The zero-order valence-electron chi connectivity index (χ0n) is 10.3. The molecule has 98 valence electrons. The molecule has 0 aromatic heterocycles. The average Bonchev–Trinajstić information content (AvgIpc) is 2.62. The van der Waals surface area contributed by atoms with Gasteiger partial charge in [0, 0.05) is 10.0 Å². The summed E-state index contributed by atoms with van der Waals surface area (Å²) in [7, 11) is 0. The molecule has 2 nitrogen and oxygen atoms in total. The van der Waals surface area contributed by atoms with Gasteiger partial charge in [0.15, 0.2) is 0 Å². The minimum Gasteiger partial charge on any atom is -0.271 e. The predicted molar refractivity (Wildman–Crippen MR) is 77.7 cm³/mol. The van der Waals surface area contributed by atoms with Crippen molar-refractivity contribution in [3.05, 3.63) is 45.5 Å². The maximum Gasteiger partial charge on any atom is 0.0684 e. The van der Waals surface area contributed by atoms with E-state index in [4.69, 9.17) is 29.0 Å². The van der Waals surface area contributed by atoms with Crippen LogP contribution in [0, 0.1) is 0 Å². The summed E-state index contributed by atoms with van der Waals surface area (Å²) in [5, 5.41) is 1.31. The number of hydrazine groups is 1. The molecule has 0 fully saturated rings. The Morgan fingerprint density at radius 3 is 2.72 bits per heavy atom. The molecular formula is C14H18Cl2N2. The Bertz CT molecular complexity index is 443. The van der Waals surface area contributed by atoms with Gasteiger partial charge in [0.05, 0.1) is 6.04 Å². The number of nitrogens with two attached hydrogens (primary N) is 1. The van der Waals surface area contributed by atoms with E-state index in [-0.39, 0.29) is 6.04 Å². The van der Waals surface area contributed by atoms with Crippen molar-refractivity contribution in [3.8, 4) is 0 Å². The molecule has 0 bridgehead atoms. The number of hydrogen-bond acceptors (Lipinski definition) is 2. The molecule has 1 aliphatic carbocycles. The summed E-state index contributed by atoms with van der Waals surface area (Å²) in [6, 6.07) is 5.55. The summed E-state index contributed by atoms with van der Waals surface area (Å²) < 4.78 is 0. The molecule has 0 saturated heterocycles. The lowest BCUT2D eigenvalue weighted by molar-refractivity contribution is 0.593. The second-order valence-electron chi connectivity index (χ2n) is 4.64. The zero-order chi connectivity index (χ0) is 13.0. The first-order valence-electron chi connectivity index (χ1n) is 6.32. The summed E-state index contributed by atoms with van der Waals surface area (Å²) in [6.45, 7) is 0. The molecule has 0 radical (unpaired) electrons. The normalized spacial score (nSPS) is 18.1. The largest absolute Gasteiger partial charge is 0.271 e. The van der Waals surface area contributed by atoms with Crippen LogP contribution in [0.1, 0.15) is 43.7 Å². The lowest BCUT2D eigenvalue weighted by atomic mass is 9.95. The van der Waals surface area contributed by atoms with E-state index < -0.39 is 0 Å². The Hall–Kier alpha value is -0.540. The summed E-state index contributed by atoms with van der Waals surface area (Å²) in [5.74, 6) is 5.71. The van der Waals surface area contributed by atoms with Crippen LogP contribution in [0.5, 0.6) is 0 Å². The Morgan fingerprint density at radius 1 is 1.17 bits per heavy atom. The van der Waals surface area contributed by atoms with Crippen molar-refractivity contribution in [2.24, 2.45) is 5.84 Å². The number of hydrogen-bond donors (Lipinski definition) is 2. The van der Waals surface area contributed by atoms with E-state index in [0.717, 1.165) is 18.4 Å². The van der Waals surface area contributed by atoms with Crippen LogP contribution in [-0.2, 0) is 0 Å². The summed E-state index contributed by atoms with van der Waals surface area (Å²) in [4.78, 5) is 0. The van der Waals surface area contributed by atoms with Gasteiger partial charge in [-0.25, -0.2) is 5.43 Å². The van der Waals surface area contributed by atoms with Crippen molar-refractivity contribution in [3.63, 3.8) is 0 Å². The summed E-state index contributed by atoms with van der Waals surface area (Å²) in [6.07, 6.45) is 8.25. The highest BCUT2D eigenvalue weighted by molar-refractivity contribution is 6.35. The minimum absolute atomic E-state index is 0.00660. The number of halogens is 2. The third-order valence-corrected chi connectivity index (χ3v) is 3.95. The van der Waals surface area contributed by atoms with E-state index in [1.165, 1.54) is 24.8 Å². The highest BCUT2D eigenvalue weighted by Crippen LogP contribution is 2.33. The van der Waals surface area contributed by atoms with Crippen LogP contribution in [0.2, 0.25) is 10.0 Å². The molecule has 0 saturated carbocycles. The first kappa shape index (κ1) is 13.9. The Balaban J connectivity index is 2.29. The van der Waals surface area contributed by atoms with Crippen molar-refractivity contribution in [1.29, 1.82) is 0 Å². The molecule has 1 aliphatic rings. The van der Waals surface area contributed by atoms with Crippen LogP contribution < -0.4 is 11.3 Å². The van der Waals surface area contributed by atoms with Crippen LogP contribution in [0.25, 0.3) is 0 Å². The molecule has 18 heavy (non-hydrogen) atoms. The van der Waals surface area contributed by atoms with Gasteiger partial charge in [0.1, 0.15) is 0 Å². The van der Waals surface area contributed by atoms with Gasteiger partial charge in [-0.05, 0) is 43.4 Å². The van der Waals surface area contributed by atoms with Gasteiger partial charge >= 0.3 is 0 Å². The van der Waals surface area contributed by atoms with Crippen LogP contribution in [-0.4, -0.2) is 0 Å². The van der Waals surface area contributed by atoms with E-state index in [2.05, 4.69) is 11.5 Å². The van der Waals surface area contributed by atoms with Crippen LogP contribution in [0.15, 0.2) is 29.8 Å². The van der Waals surface area contributed by atoms with E-state index >= 15 is 0 Å². The maximum absolute atomic E-state index is 6.26.